The van der Waals surface area contributed by atoms with Gasteiger partial charge in [-0.05, 0) is 69.7 Å². The molecule has 0 bridgehead atoms. The molecule has 0 radical (unpaired) electrons. The summed E-state index contributed by atoms with van der Waals surface area (Å²) < 4.78 is 84.3. The summed E-state index contributed by atoms with van der Waals surface area (Å²) in [5, 5.41) is 0. The molecule has 0 fully saturated rings. The Hall–Kier alpha value is -4.44. The summed E-state index contributed by atoms with van der Waals surface area (Å²) in [7, 11) is -10.7. The Bertz CT molecular complexity index is 1890. The molecule has 0 unspecified atom stereocenters. The summed E-state index contributed by atoms with van der Waals surface area (Å²) in [5.74, 6) is -0.556. The molecule has 14 heteroatoms. The van der Waals surface area contributed by atoms with Gasteiger partial charge in [-0.15, -0.1) is 59.7 Å². The Balaban J connectivity index is 0.000000262. The fourth-order valence-electron chi connectivity index (χ4n) is 4.25. The largest absolute Gasteiger partial charge is 3.00 e. The molecular formula is C40H38F8IrN4P. The molecule has 0 aliphatic heterocycles. The van der Waals surface area contributed by atoms with E-state index in [0.717, 1.165) is 33.9 Å². The van der Waals surface area contributed by atoms with Gasteiger partial charge in [-0.25, -0.2) is 0 Å². The van der Waals surface area contributed by atoms with Crippen LogP contribution in [0.5, 0.6) is 0 Å². The zero-order valence-electron chi connectivity index (χ0n) is 30.1. The number of hydrogen-bond donors (Lipinski definition) is 0. The SMILES string of the molecule is CC(C)(C)c1ccnc(-c2cc(C(C)(C)C)ccn2)c1.F[P-](F)(F)(F)(F)F.Fc1c[c-]c(-c2ccccn2)cc1.Fc1c[c-]c(-c2ccccn2)cc1.[Ir+3]. The molecule has 6 rings (SSSR count). The third kappa shape index (κ3) is 18.1. The van der Waals surface area contributed by atoms with Gasteiger partial charge in [0.05, 0.1) is 11.4 Å². The van der Waals surface area contributed by atoms with Gasteiger partial charge in [0, 0.05) is 36.4 Å². The van der Waals surface area contributed by atoms with Crippen LogP contribution in [-0.4, -0.2) is 19.9 Å². The molecule has 6 aromatic rings. The van der Waals surface area contributed by atoms with Gasteiger partial charge in [-0.1, -0.05) is 65.8 Å². The first-order chi connectivity index (χ1) is 24.3. The first kappa shape index (κ1) is 45.7. The summed E-state index contributed by atoms with van der Waals surface area (Å²) in [5.41, 5.74) is 7.94. The third-order valence-corrected chi connectivity index (χ3v) is 6.95. The van der Waals surface area contributed by atoms with E-state index in [4.69, 9.17) is 0 Å². The van der Waals surface area contributed by atoms with E-state index in [1.807, 2.05) is 48.8 Å². The van der Waals surface area contributed by atoms with E-state index < -0.39 is 7.81 Å². The molecule has 0 aliphatic rings. The van der Waals surface area contributed by atoms with Crippen LogP contribution in [0.4, 0.5) is 34.0 Å². The quantitative estimate of drug-likeness (QED) is 0.101. The number of rotatable bonds is 3. The third-order valence-electron chi connectivity index (χ3n) is 6.95. The Morgan fingerprint density at radius 1 is 0.463 bits per heavy atom. The fourth-order valence-corrected chi connectivity index (χ4v) is 4.25. The van der Waals surface area contributed by atoms with Gasteiger partial charge in [-0.2, -0.15) is 0 Å². The summed E-state index contributed by atoms with van der Waals surface area (Å²) in [4.78, 5) is 17.2. The number of pyridine rings is 4. The van der Waals surface area contributed by atoms with Crippen molar-refractivity contribution in [3.63, 3.8) is 0 Å². The van der Waals surface area contributed by atoms with E-state index in [1.165, 1.54) is 35.4 Å². The maximum absolute atomic E-state index is 12.6. The Morgan fingerprint density at radius 2 is 0.796 bits per heavy atom. The molecule has 0 amide bonds. The van der Waals surface area contributed by atoms with Crippen LogP contribution in [0.2, 0.25) is 0 Å². The van der Waals surface area contributed by atoms with Crippen LogP contribution >= 0.6 is 7.81 Å². The standard InChI is InChI=1S/C18H24N2.2C11H7FN.F6P.Ir/c1-17(2,3)13-7-9-19-15(11-13)16-12-14(8-10-20-16)18(4,5)6;2*12-10-6-4-9(5-7-10)11-3-1-2-8-13-11;1-7(2,3,4,5)6;/h7-12H,1-6H3;2*1-4,6-8H;;/q;3*-1;+3. The van der Waals surface area contributed by atoms with Crippen molar-refractivity contribution in [1.82, 2.24) is 19.9 Å². The van der Waals surface area contributed by atoms with Gasteiger partial charge in [0.2, 0.25) is 0 Å². The number of aromatic nitrogens is 4. The first-order valence-electron chi connectivity index (χ1n) is 16.0. The van der Waals surface area contributed by atoms with E-state index in [0.29, 0.717) is 0 Å². The molecule has 2 aromatic carbocycles. The number of halogens is 8. The summed E-state index contributed by atoms with van der Waals surface area (Å²) in [6, 6.07) is 34.0. The van der Waals surface area contributed by atoms with Gasteiger partial charge >= 0.3 is 53.1 Å². The van der Waals surface area contributed by atoms with E-state index in [2.05, 4.69) is 97.9 Å². The van der Waals surface area contributed by atoms with Crippen molar-refractivity contribution < 1.29 is 54.1 Å². The molecule has 0 aliphatic carbocycles. The predicted octanol–water partition coefficient (Wildman–Crippen LogP) is 13.5. The van der Waals surface area contributed by atoms with Crippen LogP contribution in [0, 0.1) is 23.8 Å². The Kier molecular flexibility index (Phi) is 15.1. The minimum atomic E-state index is -10.7. The van der Waals surface area contributed by atoms with Gasteiger partial charge in [0.15, 0.2) is 0 Å². The van der Waals surface area contributed by atoms with Crippen molar-refractivity contribution in [3.8, 4) is 33.9 Å². The zero-order chi connectivity index (χ0) is 39.6. The van der Waals surface area contributed by atoms with Crippen LogP contribution in [0.15, 0.2) is 122 Å². The Labute approximate surface area is 323 Å². The molecule has 4 heterocycles. The summed E-state index contributed by atoms with van der Waals surface area (Å²) in [6.07, 6.45) is 7.15. The second-order valence-electron chi connectivity index (χ2n) is 13.6. The number of nitrogens with zero attached hydrogens (tertiary/aromatic N) is 4. The normalized spacial score (nSPS) is 12.4. The zero-order valence-corrected chi connectivity index (χ0v) is 33.4. The molecule has 0 spiro atoms. The van der Waals surface area contributed by atoms with E-state index in [1.54, 1.807) is 24.5 Å². The van der Waals surface area contributed by atoms with Crippen molar-refractivity contribution in [2.24, 2.45) is 0 Å². The second kappa shape index (κ2) is 17.8. The van der Waals surface area contributed by atoms with Crippen LogP contribution in [0.1, 0.15) is 52.7 Å². The molecule has 0 saturated carbocycles. The van der Waals surface area contributed by atoms with Crippen LogP contribution in [-0.2, 0) is 30.9 Å². The smallest absolute Gasteiger partial charge is 0.305 e. The molecule has 4 nitrogen and oxygen atoms in total. The van der Waals surface area contributed by atoms with E-state index in [9.17, 15) is 34.0 Å². The van der Waals surface area contributed by atoms with Crippen molar-refractivity contribution in [2.75, 3.05) is 0 Å². The predicted molar refractivity (Wildman–Crippen MR) is 195 cm³/mol. The molecule has 0 saturated heterocycles. The van der Waals surface area contributed by atoms with Crippen LogP contribution in [0.3, 0.4) is 0 Å². The fraction of sp³-hybridized carbons (Fsp3) is 0.200. The maximum atomic E-state index is 12.6. The van der Waals surface area contributed by atoms with E-state index in [-0.39, 0.29) is 42.6 Å². The summed E-state index contributed by atoms with van der Waals surface area (Å²) >= 11 is 0. The maximum Gasteiger partial charge on any atom is 3.00 e. The van der Waals surface area contributed by atoms with Gasteiger partial charge in [0.1, 0.15) is 0 Å². The number of hydrogen-bond acceptors (Lipinski definition) is 4. The van der Waals surface area contributed by atoms with E-state index >= 15 is 0 Å². The van der Waals surface area contributed by atoms with Crippen molar-refractivity contribution in [1.29, 1.82) is 0 Å². The van der Waals surface area contributed by atoms with Crippen LogP contribution < -0.4 is 0 Å². The second-order valence-corrected chi connectivity index (χ2v) is 15.5. The minimum Gasteiger partial charge on any atom is -0.305 e. The van der Waals surface area contributed by atoms with Gasteiger partial charge < -0.3 is 9.97 Å². The molecule has 0 N–H and O–H groups in total. The first-order valence-corrected chi connectivity index (χ1v) is 18.0. The van der Waals surface area contributed by atoms with Crippen molar-refractivity contribution in [3.05, 3.63) is 157 Å². The summed E-state index contributed by atoms with van der Waals surface area (Å²) in [6.45, 7) is 13.3. The monoisotopic (exact) mass is 950 g/mol. The van der Waals surface area contributed by atoms with Crippen LogP contribution in [0.25, 0.3) is 33.9 Å². The van der Waals surface area contributed by atoms with Crippen molar-refractivity contribution >= 4 is 7.81 Å². The van der Waals surface area contributed by atoms with Gasteiger partial charge in [-0.3, -0.25) is 18.7 Å². The molecule has 4 aromatic heterocycles. The number of benzene rings is 2. The minimum absolute atomic E-state index is 0. The van der Waals surface area contributed by atoms with Crippen molar-refractivity contribution in [2.45, 2.75) is 52.4 Å². The Morgan fingerprint density at radius 3 is 1.06 bits per heavy atom. The molecule has 54 heavy (non-hydrogen) atoms. The molecular weight excluding hydrogens is 912 g/mol. The topological polar surface area (TPSA) is 51.6 Å². The average molecular weight is 950 g/mol. The van der Waals surface area contributed by atoms with Gasteiger partial charge in [0.25, 0.3) is 0 Å². The average Bonchev–Trinajstić information content (AvgIpc) is 3.08. The molecule has 288 valence electrons. The molecule has 0 atom stereocenters.